The minimum atomic E-state index is 0.883. The summed E-state index contributed by atoms with van der Waals surface area (Å²) in [6, 6.07) is 23.2. The molecule has 1 aliphatic rings. The number of rotatable bonds is 7. The summed E-state index contributed by atoms with van der Waals surface area (Å²) in [5.74, 6) is 0.883. The van der Waals surface area contributed by atoms with E-state index in [9.17, 15) is 0 Å². The van der Waals surface area contributed by atoms with E-state index in [0.29, 0.717) is 0 Å². The molecule has 0 saturated carbocycles. The van der Waals surface area contributed by atoms with Gasteiger partial charge >= 0.3 is 0 Å². The molecule has 0 radical (unpaired) electrons. The van der Waals surface area contributed by atoms with Crippen LogP contribution in [0.15, 0.2) is 79.0 Å². The van der Waals surface area contributed by atoms with Crippen LogP contribution in [0.1, 0.15) is 24.1 Å². The number of aryl methyl sites for hydroxylation is 1. The van der Waals surface area contributed by atoms with Crippen LogP contribution in [0.3, 0.4) is 0 Å². The van der Waals surface area contributed by atoms with Crippen molar-refractivity contribution >= 4 is 5.57 Å². The Morgan fingerprint density at radius 2 is 1.76 bits per heavy atom. The number of pyridine rings is 1. The Bertz CT molecular complexity index is 948. The number of hydrogen-bond donors (Lipinski definition) is 0. The van der Waals surface area contributed by atoms with Gasteiger partial charge in [-0.05, 0) is 72.3 Å². The molecule has 4 rings (SSSR count). The molecule has 29 heavy (non-hydrogen) atoms. The molecule has 3 heteroatoms. The van der Waals surface area contributed by atoms with Crippen molar-refractivity contribution in [1.29, 1.82) is 0 Å². The highest BCUT2D eigenvalue weighted by Gasteiger charge is 2.12. The fourth-order valence-corrected chi connectivity index (χ4v) is 3.89. The van der Waals surface area contributed by atoms with Crippen LogP contribution in [-0.2, 0) is 6.42 Å². The second-order valence-corrected chi connectivity index (χ2v) is 7.51. The Balaban J connectivity index is 1.29. The average molecular weight is 385 g/mol. The molecule has 0 unspecified atom stereocenters. The summed E-state index contributed by atoms with van der Waals surface area (Å²) in [6.45, 7) is 3.30. The minimum absolute atomic E-state index is 0.883. The number of aromatic nitrogens is 1. The lowest BCUT2D eigenvalue weighted by Crippen LogP contribution is -2.29. The highest BCUT2D eigenvalue weighted by molar-refractivity contribution is 5.66. The Morgan fingerprint density at radius 1 is 0.931 bits per heavy atom. The second-order valence-electron chi connectivity index (χ2n) is 7.51. The Labute approximate surface area is 173 Å². The van der Waals surface area contributed by atoms with Crippen molar-refractivity contribution in [2.24, 2.45) is 0 Å². The second kappa shape index (κ2) is 9.53. The molecule has 0 aliphatic carbocycles. The molecule has 1 aliphatic heterocycles. The van der Waals surface area contributed by atoms with Gasteiger partial charge in [0.1, 0.15) is 5.75 Å². The van der Waals surface area contributed by atoms with E-state index in [0.717, 1.165) is 50.3 Å². The van der Waals surface area contributed by atoms with Gasteiger partial charge in [0.05, 0.1) is 7.11 Å². The topological polar surface area (TPSA) is 25.4 Å². The SMILES string of the molecule is COc1ccc(-c2ccnc(CCCN3CC=C(c4ccccc4)CC3)c2)cc1. The molecule has 0 amide bonds. The molecule has 0 atom stereocenters. The van der Waals surface area contributed by atoms with Crippen LogP contribution in [-0.4, -0.2) is 36.6 Å². The van der Waals surface area contributed by atoms with Crippen LogP contribution in [0.5, 0.6) is 5.75 Å². The molecule has 0 N–H and O–H groups in total. The highest BCUT2D eigenvalue weighted by atomic mass is 16.5. The molecule has 2 aromatic carbocycles. The summed E-state index contributed by atoms with van der Waals surface area (Å²) in [7, 11) is 1.69. The average Bonchev–Trinajstić information content (AvgIpc) is 2.80. The lowest BCUT2D eigenvalue weighted by molar-refractivity contribution is 0.297. The molecule has 0 bridgehead atoms. The zero-order valence-electron chi connectivity index (χ0n) is 17.1. The van der Waals surface area contributed by atoms with Gasteiger partial charge in [-0.3, -0.25) is 9.88 Å². The Morgan fingerprint density at radius 3 is 2.48 bits per heavy atom. The van der Waals surface area contributed by atoms with Crippen molar-refractivity contribution in [2.75, 3.05) is 26.7 Å². The zero-order chi connectivity index (χ0) is 19.9. The number of methoxy groups -OCH3 is 1. The van der Waals surface area contributed by atoms with Gasteiger partial charge in [-0.1, -0.05) is 48.5 Å². The quantitative estimate of drug-likeness (QED) is 0.539. The first-order chi connectivity index (χ1) is 14.3. The molecule has 2 heterocycles. The van der Waals surface area contributed by atoms with Gasteiger partial charge in [-0.25, -0.2) is 0 Å². The number of nitrogens with zero attached hydrogens (tertiary/aromatic N) is 2. The molecule has 3 aromatic rings. The van der Waals surface area contributed by atoms with E-state index in [1.165, 1.54) is 22.3 Å². The van der Waals surface area contributed by atoms with Crippen LogP contribution in [0.4, 0.5) is 0 Å². The lowest BCUT2D eigenvalue weighted by Gasteiger charge is -2.26. The van der Waals surface area contributed by atoms with E-state index in [4.69, 9.17) is 4.74 Å². The van der Waals surface area contributed by atoms with Crippen molar-refractivity contribution in [3.63, 3.8) is 0 Å². The molecule has 0 saturated heterocycles. The third-order valence-corrected chi connectivity index (χ3v) is 5.59. The van der Waals surface area contributed by atoms with Crippen molar-refractivity contribution < 1.29 is 4.74 Å². The summed E-state index contributed by atoms with van der Waals surface area (Å²) in [4.78, 5) is 7.12. The normalized spacial score (nSPS) is 14.4. The molecular weight excluding hydrogens is 356 g/mol. The predicted octanol–water partition coefficient (Wildman–Crippen LogP) is 5.48. The van der Waals surface area contributed by atoms with Crippen LogP contribution in [0.2, 0.25) is 0 Å². The first-order valence-corrected chi connectivity index (χ1v) is 10.4. The number of ether oxygens (including phenoxy) is 1. The maximum atomic E-state index is 5.25. The standard InChI is InChI=1S/C26H28N2O/c1-29-26-11-9-22(10-12-26)24-13-16-27-25(20-24)8-5-17-28-18-14-23(15-19-28)21-6-3-2-4-7-21/h2-4,6-7,9-14,16,20H,5,8,15,17-19H2,1H3. The summed E-state index contributed by atoms with van der Waals surface area (Å²) in [5.41, 5.74) is 6.42. The van der Waals surface area contributed by atoms with Gasteiger partial charge in [0, 0.05) is 25.0 Å². The Hall–Kier alpha value is -2.91. The summed E-state index contributed by atoms with van der Waals surface area (Å²) >= 11 is 0. The third-order valence-electron chi connectivity index (χ3n) is 5.59. The van der Waals surface area contributed by atoms with E-state index in [1.54, 1.807) is 7.11 Å². The fourth-order valence-electron chi connectivity index (χ4n) is 3.89. The molecule has 0 fully saturated rings. The first-order valence-electron chi connectivity index (χ1n) is 10.4. The molecule has 1 aromatic heterocycles. The lowest BCUT2D eigenvalue weighted by atomic mass is 9.99. The summed E-state index contributed by atoms with van der Waals surface area (Å²) in [5, 5.41) is 0. The van der Waals surface area contributed by atoms with Gasteiger partial charge in [0.25, 0.3) is 0 Å². The fraction of sp³-hybridized carbons (Fsp3) is 0.269. The highest BCUT2D eigenvalue weighted by Crippen LogP contribution is 2.24. The molecular formula is C26H28N2O. The van der Waals surface area contributed by atoms with Crippen LogP contribution in [0.25, 0.3) is 16.7 Å². The zero-order valence-corrected chi connectivity index (χ0v) is 17.1. The molecule has 148 valence electrons. The van der Waals surface area contributed by atoms with Crippen LogP contribution < -0.4 is 4.74 Å². The van der Waals surface area contributed by atoms with Crippen molar-refractivity contribution in [2.45, 2.75) is 19.3 Å². The van der Waals surface area contributed by atoms with Gasteiger partial charge in [0.15, 0.2) is 0 Å². The maximum absolute atomic E-state index is 5.25. The van der Waals surface area contributed by atoms with Crippen molar-refractivity contribution in [3.8, 4) is 16.9 Å². The van der Waals surface area contributed by atoms with Gasteiger partial charge < -0.3 is 4.74 Å². The van der Waals surface area contributed by atoms with E-state index < -0.39 is 0 Å². The van der Waals surface area contributed by atoms with Crippen molar-refractivity contribution in [3.05, 3.63) is 90.3 Å². The summed E-state index contributed by atoms with van der Waals surface area (Å²) in [6.07, 6.45) is 7.59. The molecule has 0 spiro atoms. The van der Waals surface area contributed by atoms with Crippen molar-refractivity contribution in [1.82, 2.24) is 9.88 Å². The predicted molar refractivity (Wildman–Crippen MR) is 120 cm³/mol. The van der Waals surface area contributed by atoms with Gasteiger partial charge in [0.2, 0.25) is 0 Å². The van der Waals surface area contributed by atoms with E-state index in [1.807, 2.05) is 18.3 Å². The third kappa shape index (κ3) is 5.12. The van der Waals surface area contributed by atoms with E-state index in [2.05, 4.69) is 70.6 Å². The first kappa shape index (κ1) is 19.4. The van der Waals surface area contributed by atoms with Crippen LogP contribution >= 0.6 is 0 Å². The van der Waals surface area contributed by atoms with Crippen LogP contribution in [0, 0.1) is 0 Å². The maximum Gasteiger partial charge on any atom is 0.118 e. The van der Waals surface area contributed by atoms with Gasteiger partial charge in [-0.2, -0.15) is 0 Å². The molecule has 3 nitrogen and oxygen atoms in total. The number of hydrogen-bond acceptors (Lipinski definition) is 3. The van der Waals surface area contributed by atoms with Gasteiger partial charge in [-0.15, -0.1) is 0 Å². The van der Waals surface area contributed by atoms with E-state index >= 15 is 0 Å². The monoisotopic (exact) mass is 384 g/mol. The largest absolute Gasteiger partial charge is 0.497 e. The smallest absolute Gasteiger partial charge is 0.118 e. The Kier molecular flexibility index (Phi) is 6.38. The summed E-state index contributed by atoms with van der Waals surface area (Å²) < 4.78 is 5.25. The minimum Gasteiger partial charge on any atom is -0.497 e. The number of benzene rings is 2. The van der Waals surface area contributed by atoms with E-state index in [-0.39, 0.29) is 0 Å².